The van der Waals surface area contributed by atoms with Gasteiger partial charge < -0.3 is 5.73 Å². The Labute approximate surface area is 127 Å². The summed E-state index contributed by atoms with van der Waals surface area (Å²) < 4.78 is 0. The number of carbonyl (C=O) groups is 1. The Balaban J connectivity index is 2.03. The van der Waals surface area contributed by atoms with Gasteiger partial charge in [0.15, 0.2) is 5.96 Å². The number of guanidine groups is 1. The zero-order valence-corrected chi connectivity index (χ0v) is 12.8. The third-order valence-electron chi connectivity index (χ3n) is 3.65. The summed E-state index contributed by atoms with van der Waals surface area (Å²) >= 11 is 1.76. The number of nitrogens with two attached hydrogens (primary N) is 1. The van der Waals surface area contributed by atoms with Gasteiger partial charge in [-0.2, -0.15) is 0 Å². The minimum atomic E-state index is -0.602. The zero-order valence-electron chi connectivity index (χ0n) is 12.0. The van der Waals surface area contributed by atoms with E-state index in [2.05, 4.69) is 41.5 Å². The fraction of sp³-hybridized carbons (Fsp3) is 0.250. The fourth-order valence-electron chi connectivity index (χ4n) is 2.60. The molecule has 4 nitrogen and oxygen atoms in total. The maximum absolute atomic E-state index is 11.8. The van der Waals surface area contributed by atoms with Crippen molar-refractivity contribution in [3.05, 3.63) is 46.8 Å². The number of hydrogen-bond acceptors (Lipinski definition) is 4. The van der Waals surface area contributed by atoms with Gasteiger partial charge in [0.25, 0.3) is 0 Å². The van der Waals surface area contributed by atoms with E-state index >= 15 is 0 Å². The number of aliphatic imine (C=N–C) groups is 1. The van der Waals surface area contributed by atoms with Gasteiger partial charge in [0.2, 0.25) is 5.91 Å². The van der Waals surface area contributed by atoms with Gasteiger partial charge in [-0.05, 0) is 43.2 Å². The lowest BCUT2D eigenvalue weighted by atomic mass is 9.87. The quantitative estimate of drug-likeness (QED) is 0.895. The van der Waals surface area contributed by atoms with E-state index in [9.17, 15) is 4.79 Å². The first-order valence-corrected chi connectivity index (χ1v) is 7.60. The van der Waals surface area contributed by atoms with Crippen LogP contribution in [0.15, 0.2) is 41.4 Å². The van der Waals surface area contributed by atoms with Crippen molar-refractivity contribution < 1.29 is 4.79 Å². The summed E-state index contributed by atoms with van der Waals surface area (Å²) in [7, 11) is 0. The third kappa shape index (κ3) is 2.69. The van der Waals surface area contributed by atoms with E-state index < -0.39 is 5.54 Å². The molecule has 108 valence electrons. The van der Waals surface area contributed by atoms with Crippen LogP contribution in [0.3, 0.4) is 0 Å². The molecule has 21 heavy (non-hydrogen) atoms. The molecular weight excluding hydrogens is 282 g/mol. The second kappa shape index (κ2) is 5.00. The molecule has 3 N–H and O–H groups in total. The topological polar surface area (TPSA) is 67.5 Å². The number of aryl methyl sites for hydroxylation is 1. The molecule has 2 aromatic rings. The van der Waals surface area contributed by atoms with Crippen molar-refractivity contribution in [3.8, 4) is 10.4 Å². The molecule has 0 bridgehead atoms. The smallest absolute Gasteiger partial charge is 0.229 e. The van der Waals surface area contributed by atoms with Gasteiger partial charge in [0, 0.05) is 9.75 Å². The van der Waals surface area contributed by atoms with Crippen LogP contribution in [0.25, 0.3) is 10.4 Å². The SMILES string of the molecule is Cc1ccc(-c2cccc(C3(C)CC(=O)NC(N)=N3)c2)s1. The van der Waals surface area contributed by atoms with Crippen LogP contribution >= 0.6 is 11.3 Å². The van der Waals surface area contributed by atoms with E-state index in [1.165, 1.54) is 9.75 Å². The Kier molecular flexibility index (Phi) is 3.29. The molecule has 3 rings (SSSR count). The molecule has 0 aliphatic carbocycles. The largest absolute Gasteiger partial charge is 0.370 e. The number of benzene rings is 1. The van der Waals surface area contributed by atoms with Gasteiger partial charge in [-0.1, -0.05) is 18.2 Å². The van der Waals surface area contributed by atoms with Gasteiger partial charge >= 0.3 is 0 Å². The predicted octanol–water partition coefficient (Wildman–Crippen LogP) is 2.77. The minimum Gasteiger partial charge on any atom is -0.370 e. The van der Waals surface area contributed by atoms with Crippen LogP contribution < -0.4 is 11.1 Å². The lowest BCUT2D eigenvalue weighted by molar-refractivity contribution is -0.121. The van der Waals surface area contributed by atoms with Crippen molar-refractivity contribution in [2.75, 3.05) is 0 Å². The normalized spacial score (nSPS) is 21.8. The lowest BCUT2D eigenvalue weighted by Crippen LogP contribution is -2.46. The maximum Gasteiger partial charge on any atom is 0.229 e. The Morgan fingerprint density at radius 1 is 1.33 bits per heavy atom. The van der Waals surface area contributed by atoms with Crippen molar-refractivity contribution in [1.82, 2.24) is 5.32 Å². The number of amides is 1. The van der Waals surface area contributed by atoms with Crippen molar-refractivity contribution >= 4 is 23.2 Å². The number of rotatable bonds is 2. The van der Waals surface area contributed by atoms with Gasteiger partial charge in [0.1, 0.15) is 0 Å². The second-order valence-electron chi connectivity index (χ2n) is 5.49. The summed E-state index contributed by atoms with van der Waals surface area (Å²) in [6, 6.07) is 12.4. The predicted molar refractivity (Wildman–Crippen MR) is 86.2 cm³/mol. The molecule has 1 atom stereocenters. The molecule has 0 saturated carbocycles. The highest BCUT2D eigenvalue weighted by Gasteiger charge is 2.33. The Bertz CT molecular complexity index is 735. The minimum absolute atomic E-state index is 0.0950. The average molecular weight is 299 g/mol. The van der Waals surface area contributed by atoms with E-state index in [0.717, 1.165) is 11.1 Å². The molecule has 5 heteroatoms. The van der Waals surface area contributed by atoms with Crippen LogP contribution in [0.2, 0.25) is 0 Å². The lowest BCUT2D eigenvalue weighted by Gasteiger charge is -2.29. The highest BCUT2D eigenvalue weighted by molar-refractivity contribution is 7.15. The van der Waals surface area contributed by atoms with Crippen LogP contribution in [0.5, 0.6) is 0 Å². The number of thiophene rings is 1. The summed E-state index contributed by atoms with van der Waals surface area (Å²) in [5.74, 6) is 0.0912. The molecule has 1 aromatic carbocycles. The molecule has 0 radical (unpaired) electrons. The highest BCUT2D eigenvalue weighted by atomic mass is 32.1. The molecule has 2 heterocycles. The summed E-state index contributed by atoms with van der Waals surface area (Å²) in [6.45, 7) is 4.03. The first-order chi connectivity index (χ1) is 9.96. The molecule has 1 amide bonds. The molecule has 0 spiro atoms. The molecule has 0 saturated heterocycles. The van der Waals surface area contributed by atoms with Gasteiger partial charge in [0.05, 0.1) is 12.0 Å². The van der Waals surface area contributed by atoms with E-state index in [-0.39, 0.29) is 11.9 Å². The van der Waals surface area contributed by atoms with E-state index in [4.69, 9.17) is 5.73 Å². The molecule has 1 aromatic heterocycles. The molecule has 1 aliphatic rings. The number of carbonyl (C=O) groups excluding carboxylic acids is 1. The summed E-state index contributed by atoms with van der Waals surface area (Å²) in [4.78, 5) is 18.7. The molecular formula is C16H17N3OS. The van der Waals surface area contributed by atoms with Crippen LogP contribution in [0.1, 0.15) is 23.8 Å². The van der Waals surface area contributed by atoms with Crippen LogP contribution in [0, 0.1) is 6.92 Å². The van der Waals surface area contributed by atoms with Crippen molar-refractivity contribution in [1.29, 1.82) is 0 Å². The van der Waals surface area contributed by atoms with Crippen molar-refractivity contribution in [3.63, 3.8) is 0 Å². The first-order valence-electron chi connectivity index (χ1n) is 6.79. The number of hydrogen-bond donors (Lipinski definition) is 2. The maximum atomic E-state index is 11.8. The van der Waals surface area contributed by atoms with E-state index in [0.29, 0.717) is 6.42 Å². The second-order valence-corrected chi connectivity index (χ2v) is 6.77. The molecule has 1 aliphatic heterocycles. The van der Waals surface area contributed by atoms with Crippen LogP contribution in [0.4, 0.5) is 0 Å². The Morgan fingerprint density at radius 3 is 2.81 bits per heavy atom. The monoisotopic (exact) mass is 299 g/mol. The van der Waals surface area contributed by atoms with Gasteiger partial charge in [-0.25, -0.2) is 4.99 Å². The van der Waals surface area contributed by atoms with Crippen LogP contribution in [-0.4, -0.2) is 11.9 Å². The van der Waals surface area contributed by atoms with E-state index in [1.807, 2.05) is 19.1 Å². The molecule has 0 fully saturated rings. The van der Waals surface area contributed by atoms with Gasteiger partial charge in [-0.3, -0.25) is 10.1 Å². The Morgan fingerprint density at radius 2 is 2.14 bits per heavy atom. The van der Waals surface area contributed by atoms with Crippen LogP contribution in [-0.2, 0) is 10.3 Å². The fourth-order valence-corrected chi connectivity index (χ4v) is 3.46. The zero-order chi connectivity index (χ0) is 15.0. The Hall–Kier alpha value is -2.14. The summed E-state index contributed by atoms with van der Waals surface area (Å²) in [5.41, 5.74) is 7.26. The highest BCUT2D eigenvalue weighted by Crippen LogP contribution is 2.35. The number of nitrogens with one attached hydrogen (secondary N) is 1. The standard InChI is InChI=1S/C16H17N3OS/c1-10-6-7-13(21-10)11-4-3-5-12(8-11)16(2)9-14(20)18-15(17)19-16/h3-8H,9H2,1-2H3,(H3,17,18,19,20). The van der Waals surface area contributed by atoms with E-state index in [1.54, 1.807) is 11.3 Å². The summed E-state index contributed by atoms with van der Waals surface area (Å²) in [5, 5.41) is 2.54. The van der Waals surface area contributed by atoms with Gasteiger partial charge in [-0.15, -0.1) is 11.3 Å². The molecule has 1 unspecified atom stereocenters. The third-order valence-corrected chi connectivity index (χ3v) is 4.70. The summed E-state index contributed by atoms with van der Waals surface area (Å²) in [6.07, 6.45) is 0.306. The average Bonchev–Trinajstić information content (AvgIpc) is 2.84. The van der Waals surface area contributed by atoms with Crippen molar-refractivity contribution in [2.45, 2.75) is 25.8 Å². The first kappa shape index (κ1) is 13.8. The van der Waals surface area contributed by atoms with Crippen molar-refractivity contribution in [2.24, 2.45) is 10.7 Å². The number of nitrogens with zero attached hydrogens (tertiary/aromatic N) is 1.